The van der Waals surface area contributed by atoms with Gasteiger partial charge in [-0.1, -0.05) is 12.1 Å². The molecule has 1 rings (SSSR count). The molecule has 84 valence electrons. The van der Waals surface area contributed by atoms with Gasteiger partial charge in [-0.25, -0.2) is 0 Å². The van der Waals surface area contributed by atoms with Crippen molar-refractivity contribution in [1.82, 2.24) is 4.31 Å². The molecule has 0 aliphatic rings. The highest BCUT2D eigenvalue weighted by Crippen LogP contribution is 2.39. The lowest BCUT2D eigenvalue weighted by Gasteiger charge is -2.37. The number of aromatic hydroxyl groups is 1. The second kappa shape index (κ2) is 4.14. The maximum atomic E-state index is 12.0. The van der Waals surface area contributed by atoms with E-state index < -0.39 is 10.2 Å². The van der Waals surface area contributed by atoms with Crippen LogP contribution in [0.1, 0.15) is 10.4 Å². The van der Waals surface area contributed by atoms with Crippen LogP contribution in [0.2, 0.25) is 0 Å². The summed E-state index contributed by atoms with van der Waals surface area (Å²) < 4.78 is 1.70. The van der Waals surface area contributed by atoms with Crippen molar-refractivity contribution in [2.45, 2.75) is 0 Å². The molecule has 0 radical (unpaired) electrons. The first kappa shape index (κ1) is 11.9. The first-order valence-electron chi connectivity index (χ1n) is 4.58. The molecule has 0 bridgehead atoms. The Morgan fingerprint density at radius 1 is 1.27 bits per heavy atom. The molecule has 1 N–H and O–H groups in total. The predicted octanol–water partition coefficient (Wildman–Crippen LogP) is 2.07. The first-order chi connectivity index (χ1) is 6.84. The molecular formula is C11H17NO2S. The second-order valence-corrected chi connectivity index (χ2v) is 8.18. The molecule has 1 aromatic carbocycles. The van der Waals surface area contributed by atoms with E-state index >= 15 is 0 Å². The lowest BCUT2D eigenvalue weighted by molar-refractivity contribution is 0.0886. The Balaban J connectivity index is 3.01. The third-order valence-corrected chi connectivity index (χ3v) is 4.05. The number of rotatable bonds is 2. The normalized spacial score (nSPS) is 12.3. The maximum Gasteiger partial charge on any atom is 0.265 e. The molecule has 0 aliphatic heterocycles. The Bertz CT molecular complexity index is 371. The average Bonchev–Trinajstić information content (AvgIpc) is 2.15. The van der Waals surface area contributed by atoms with Crippen molar-refractivity contribution < 1.29 is 9.90 Å². The lowest BCUT2D eigenvalue weighted by Crippen LogP contribution is -2.28. The van der Waals surface area contributed by atoms with E-state index in [1.807, 2.05) is 18.8 Å². The van der Waals surface area contributed by atoms with Gasteiger partial charge in [0.05, 0.1) is 5.56 Å². The van der Waals surface area contributed by atoms with Crippen molar-refractivity contribution in [3.63, 3.8) is 0 Å². The van der Waals surface area contributed by atoms with E-state index in [9.17, 15) is 9.90 Å². The standard InChI is InChI=1S/C11H17NO2S/c1-12(15(2,3)4)11(14)9-7-5-6-8-10(9)13/h5-8,13H,1-4H3. The van der Waals surface area contributed by atoms with E-state index in [-0.39, 0.29) is 11.7 Å². The van der Waals surface area contributed by atoms with Crippen molar-refractivity contribution in [3.8, 4) is 5.75 Å². The van der Waals surface area contributed by atoms with E-state index in [0.29, 0.717) is 5.56 Å². The summed E-state index contributed by atoms with van der Waals surface area (Å²) in [6.45, 7) is 0. The number of para-hydroxylation sites is 1. The molecule has 1 aromatic rings. The average molecular weight is 227 g/mol. The largest absolute Gasteiger partial charge is 0.507 e. The summed E-state index contributed by atoms with van der Waals surface area (Å²) in [6, 6.07) is 6.62. The van der Waals surface area contributed by atoms with Gasteiger partial charge in [-0.3, -0.25) is 4.79 Å². The minimum Gasteiger partial charge on any atom is -0.507 e. The molecule has 0 aromatic heterocycles. The summed E-state index contributed by atoms with van der Waals surface area (Å²) in [4.78, 5) is 12.0. The molecule has 0 unspecified atom stereocenters. The van der Waals surface area contributed by atoms with Crippen LogP contribution in [0.15, 0.2) is 24.3 Å². The Morgan fingerprint density at radius 3 is 2.27 bits per heavy atom. The van der Waals surface area contributed by atoms with Crippen LogP contribution in [0.5, 0.6) is 5.75 Å². The van der Waals surface area contributed by atoms with Crippen LogP contribution < -0.4 is 0 Å². The summed E-state index contributed by atoms with van der Waals surface area (Å²) in [5.41, 5.74) is 0.363. The molecule has 0 fully saturated rings. The van der Waals surface area contributed by atoms with Gasteiger partial charge in [0, 0.05) is 7.05 Å². The van der Waals surface area contributed by atoms with Gasteiger partial charge in [-0.2, -0.15) is 10.2 Å². The van der Waals surface area contributed by atoms with Crippen molar-refractivity contribution >= 4 is 16.1 Å². The van der Waals surface area contributed by atoms with Gasteiger partial charge >= 0.3 is 0 Å². The van der Waals surface area contributed by atoms with Crippen molar-refractivity contribution in [3.05, 3.63) is 29.8 Å². The topological polar surface area (TPSA) is 40.5 Å². The molecule has 0 heterocycles. The molecule has 15 heavy (non-hydrogen) atoms. The number of hydrogen-bond donors (Lipinski definition) is 1. The van der Waals surface area contributed by atoms with Gasteiger partial charge in [0.25, 0.3) is 5.91 Å². The number of nitrogens with zero attached hydrogens (tertiary/aromatic N) is 1. The minimum absolute atomic E-state index is 0.0398. The summed E-state index contributed by atoms with van der Waals surface area (Å²) in [5, 5.41) is 9.56. The zero-order chi connectivity index (χ0) is 11.6. The lowest BCUT2D eigenvalue weighted by atomic mass is 10.2. The molecule has 4 heteroatoms. The molecule has 0 saturated heterocycles. The fourth-order valence-electron chi connectivity index (χ4n) is 1.07. The molecule has 0 atom stereocenters. The van der Waals surface area contributed by atoms with Crippen LogP contribution >= 0.6 is 10.2 Å². The summed E-state index contributed by atoms with van der Waals surface area (Å²) >= 11 is 0. The first-order valence-corrected chi connectivity index (χ1v) is 7.40. The number of phenols is 1. The Labute approximate surface area is 92.2 Å². The molecular weight excluding hydrogens is 210 g/mol. The number of carbonyl (C=O) groups excluding carboxylic acids is 1. The van der Waals surface area contributed by atoms with E-state index in [1.54, 1.807) is 29.6 Å². The summed E-state index contributed by atoms with van der Waals surface area (Å²) in [7, 11) is 0.674. The summed E-state index contributed by atoms with van der Waals surface area (Å²) in [5.74, 6) is -0.0893. The third-order valence-electron chi connectivity index (χ3n) is 2.24. The highest BCUT2D eigenvalue weighted by molar-refractivity contribution is 8.30. The number of amides is 1. The van der Waals surface area contributed by atoms with Crippen molar-refractivity contribution in [2.24, 2.45) is 0 Å². The number of carbonyl (C=O) groups is 1. The smallest absolute Gasteiger partial charge is 0.265 e. The van der Waals surface area contributed by atoms with Gasteiger partial charge in [0.2, 0.25) is 0 Å². The SMILES string of the molecule is CN(C(=O)c1ccccc1O)S(C)(C)C. The van der Waals surface area contributed by atoms with E-state index in [0.717, 1.165) is 0 Å². The van der Waals surface area contributed by atoms with Crippen LogP contribution in [0.25, 0.3) is 0 Å². The predicted molar refractivity (Wildman–Crippen MR) is 65.6 cm³/mol. The van der Waals surface area contributed by atoms with Gasteiger partial charge < -0.3 is 9.41 Å². The van der Waals surface area contributed by atoms with Crippen LogP contribution in [-0.4, -0.2) is 41.1 Å². The molecule has 0 aliphatic carbocycles. The van der Waals surface area contributed by atoms with Crippen LogP contribution in [0.4, 0.5) is 0 Å². The van der Waals surface area contributed by atoms with Gasteiger partial charge in [0.15, 0.2) is 0 Å². The number of hydrogen-bond acceptors (Lipinski definition) is 2. The fourth-order valence-corrected chi connectivity index (χ4v) is 1.67. The number of phenolic OH excluding ortho intramolecular Hbond substituents is 1. The minimum atomic E-state index is -1.09. The molecule has 3 nitrogen and oxygen atoms in total. The highest BCUT2D eigenvalue weighted by Gasteiger charge is 2.21. The van der Waals surface area contributed by atoms with Crippen molar-refractivity contribution in [1.29, 1.82) is 0 Å². The second-order valence-electron chi connectivity index (χ2n) is 4.09. The molecule has 0 saturated carbocycles. The number of benzene rings is 1. The van der Waals surface area contributed by atoms with Crippen LogP contribution in [0, 0.1) is 0 Å². The zero-order valence-electron chi connectivity index (χ0n) is 9.52. The van der Waals surface area contributed by atoms with E-state index in [2.05, 4.69) is 0 Å². The Kier molecular flexibility index (Phi) is 3.29. The van der Waals surface area contributed by atoms with Crippen LogP contribution in [-0.2, 0) is 0 Å². The maximum absolute atomic E-state index is 12.0. The van der Waals surface area contributed by atoms with Gasteiger partial charge in [-0.15, -0.1) is 0 Å². The zero-order valence-corrected chi connectivity index (χ0v) is 10.3. The third kappa shape index (κ3) is 2.65. The van der Waals surface area contributed by atoms with Crippen LogP contribution in [0.3, 0.4) is 0 Å². The van der Waals surface area contributed by atoms with Crippen molar-refractivity contribution in [2.75, 3.05) is 25.8 Å². The van der Waals surface area contributed by atoms with Gasteiger partial charge in [0.1, 0.15) is 5.75 Å². The van der Waals surface area contributed by atoms with Gasteiger partial charge in [-0.05, 0) is 30.9 Å². The Hall–Kier alpha value is -1.16. The summed E-state index contributed by atoms with van der Waals surface area (Å²) in [6.07, 6.45) is 6.10. The Morgan fingerprint density at radius 2 is 1.80 bits per heavy atom. The van der Waals surface area contributed by atoms with E-state index in [4.69, 9.17) is 0 Å². The fraction of sp³-hybridized carbons (Fsp3) is 0.364. The molecule has 1 amide bonds. The highest BCUT2D eigenvalue weighted by atomic mass is 32.3. The monoisotopic (exact) mass is 227 g/mol. The van der Waals surface area contributed by atoms with E-state index in [1.165, 1.54) is 6.07 Å². The quantitative estimate of drug-likeness (QED) is 0.840. The molecule has 0 spiro atoms.